The SMILES string of the molecule is CCC(C)(CC(=O)OC(C)C)C(=O)OCC(=O)OCC(F)(F)C(F)F. The van der Waals surface area contributed by atoms with Crippen LogP contribution in [0.25, 0.3) is 0 Å². The van der Waals surface area contributed by atoms with Gasteiger partial charge in [-0.05, 0) is 27.2 Å². The van der Waals surface area contributed by atoms with Crippen molar-refractivity contribution in [1.29, 1.82) is 0 Å². The van der Waals surface area contributed by atoms with E-state index < -0.39 is 48.9 Å². The van der Waals surface area contributed by atoms with Gasteiger partial charge in [0.25, 0.3) is 0 Å². The van der Waals surface area contributed by atoms with Gasteiger partial charge in [-0.3, -0.25) is 9.59 Å². The first-order valence-corrected chi connectivity index (χ1v) is 7.52. The van der Waals surface area contributed by atoms with Gasteiger partial charge in [-0.25, -0.2) is 13.6 Å². The van der Waals surface area contributed by atoms with Crippen molar-refractivity contribution in [2.45, 2.75) is 59.0 Å². The summed E-state index contributed by atoms with van der Waals surface area (Å²) in [6, 6.07) is 0. The van der Waals surface area contributed by atoms with Gasteiger partial charge in [0, 0.05) is 0 Å². The summed E-state index contributed by atoms with van der Waals surface area (Å²) < 4.78 is 62.6. The Kier molecular flexibility index (Phi) is 8.86. The molecule has 0 aromatic heterocycles. The summed E-state index contributed by atoms with van der Waals surface area (Å²) in [7, 11) is 0. The highest BCUT2D eigenvalue weighted by Gasteiger charge is 2.42. The van der Waals surface area contributed by atoms with Crippen LogP contribution in [0.5, 0.6) is 0 Å². The van der Waals surface area contributed by atoms with Crippen molar-refractivity contribution in [3.8, 4) is 0 Å². The predicted octanol–water partition coefficient (Wildman–Crippen LogP) is 2.73. The molecule has 0 bridgehead atoms. The molecule has 0 aliphatic heterocycles. The van der Waals surface area contributed by atoms with E-state index in [-0.39, 0.29) is 18.9 Å². The van der Waals surface area contributed by atoms with E-state index in [4.69, 9.17) is 4.74 Å². The van der Waals surface area contributed by atoms with Crippen LogP contribution in [-0.4, -0.2) is 49.6 Å². The standard InChI is InChI=1S/C15H22F4O6/c1-5-14(4,6-10(20)25-9(2)3)13(22)23-7-11(21)24-8-15(18,19)12(16)17/h9,12H,5-8H2,1-4H3. The van der Waals surface area contributed by atoms with Crippen molar-refractivity contribution in [2.24, 2.45) is 5.41 Å². The molecule has 0 saturated carbocycles. The molecule has 0 aromatic carbocycles. The lowest BCUT2D eigenvalue weighted by atomic mass is 9.84. The van der Waals surface area contributed by atoms with Crippen molar-refractivity contribution < 1.29 is 46.2 Å². The summed E-state index contributed by atoms with van der Waals surface area (Å²) in [6.07, 6.45) is -4.49. The summed E-state index contributed by atoms with van der Waals surface area (Å²) in [5.41, 5.74) is -1.29. The Labute approximate surface area is 142 Å². The van der Waals surface area contributed by atoms with E-state index in [2.05, 4.69) is 9.47 Å². The molecule has 0 fully saturated rings. The molecule has 6 nitrogen and oxygen atoms in total. The highest BCUT2D eigenvalue weighted by Crippen LogP contribution is 2.28. The minimum absolute atomic E-state index is 0.178. The number of ether oxygens (including phenoxy) is 3. The highest BCUT2D eigenvalue weighted by molar-refractivity contribution is 5.84. The lowest BCUT2D eigenvalue weighted by Crippen LogP contribution is -2.36. The fourth-order valence-corrected chi connectivity index (χ4v) is 1.54. The zero-order valence-electron chi connectivity index (χ0n) is 14.4. The lowest BCUT2D eigenvalue weighted by molar-refractivity contribution is -0.185. The van der Waals surface area contributed by atoms with Gasteiger partial charge >= 0.3 is 30.3 Å². The third-order valence-corrected chi connectivity index (χ3v) is 3.24. The first-order valence-electron chi connectivity index (χ1n) is 7.52. The van der Waals surface area contributed by atoms with Gasteiger partial charge in [-0.15, -0.1) is 0 Å². The molecule has 1 unspecified atom stereocenters. The van der Waals surface area contributed by atoms with Gasteiger partial charge in [0.15, 0.2) is 13.2 Å². The number of carbonyl (C=O) groups excluding carboxylic acids is 3. The van der Waals surface area contributed by atoms with E-state index in [1.807, 2.05) is 0 Å². The number of esters is 3. The van der Waals surface area contributed by atoms with Crippen molar-refractivity contribution >= 4 is 17.9 Å². The van der Waals surface area contributed by atoms with Crippen molar-refractivity contribution in [3.63, 3.8) is 0 Å². The smallest absolute Gasteiger partial charge is 0.344 e. The quantitative estimate of drug-likeness (QED) is 0.332. The molecule has 0 radical (unpaired) electrons. The first kappa shape index (κ1) is 23.1. The molecule has 0 aliphatic rings. The molecule has 0 amide bonds. The Morgan fingerprint density at radius 3 is 2.04 bits per heavy atom. The lowest BCUT2D eigenvalue weighted by Gasteiger charge is -2.25. The molecule has 146 valence electrons. The molecule has 0 aromatic rings. The number of hydrogen-bond donors (Lipinski definition) is 0. The average molecular weight is 374 g/mol. The summed E-state index contributed by atoms with van der Waals surface area (Å²) in [5, 5.41) is 0. The fraction of sp³-hybridized carbons (Fsp3) is 0.800. The van der Waals surface area contributed by atoms with Gasteiger partial charge in [-0.1, -0.05) is 6.92 Å². The summed E-state index contributed by atoms with van der Waals surface area (Å²) in [5.74, 6) is -7.47. The molecular weight excluding hydrogens is 352 g/mol. The van der Waals surface area contributed by atoms with Crippen LogP contribution in [0.2, 0.25) is 0 Å². The third kappa shape index (κ3) is 8.17. The van der Waals surface area contributed by atoms with Crippen LogP contribution in [0.1, 0.15) is 40.5 Å². The largest absolute Gasteiger partial charge is 0.463 e. The zero-order chi connectivity index (χ0) is 19.8. The molecule has 1 atom stereocenters. The van der Waals surface area contributed by atoms with Crippen LogP contribution < -0.4 is 0 Å². The Hall–Kier alpha value is -1.87. The summed E-state index contributed by atoms with van der Waals surface area (Å²) >= 11 is 0. The third-order valence-electron chi connectivity index (χ3n) is 3.24. The van der Waals surface area contributed by atoms with Crippen LogP contribution in [0.3, 0.4) is 0 Å². The van der Waals surface area contributed by atoms with Gasteiger partial charge in [0.1, 0.15) is 0 Å². The van der Waals surface area contributed by atoms with E-state index in [0.717, 1.165) is 0 Å². The van der Waals surface area contributed by atoms with E-state index in [0.29, 0.717) is 0 Å². The van der Waals surface area contributed by atoms with Gasteiger partial charge in [0.05, 0.1) is 17.9 Å². The predicted molar refractivity (Wildman–Crippen MR) is 77.1 cm³/mol. The Morgan fingerprint density at radius 2 is 1.60 bits per heavy atom. The molecule has 0 aliphatic carbocycles. The maximum Gasteiger partial charge on any atom is 0.344 e. The first-order chi connectivity index (χ1) is 11.3. The highest BCUT2D eigenvalue weighted by atomic mass is 19.3. The van der Waals surface area contributed by atoms with Crippen LogP contribution in [-0.2, 0) is 28.6 Å². The molecule has 0 N–H and O–H groups in total. The zero-order valence-corrected chi connectivity index (χ0v) is 14.4. The second-order valence-corrected chi connectivity index (χ2v) is 5.93. The number of rotatable bonds is 10. The summed E-state index contributed by atoms with van der Waals surface area (Å²) in [4.78, 5) is 34.9. The van der Waals surface area contributed by atoms with Crippen LogP contribution in [0.4, 0.5) is 17.6 Å². The second kappa shape index (κ2) is 9.57. The van der Waals surface area contributed by atoms with Crippen molar-refractivity contribution in [1.82, 2.24) is 0 Å². The van der Waals surface area contributed by atoms with Crippen molar-refractivity contribution in [3.05, 3.63) is 0 Å². The van der Waals surface area contributed by atoms with E-state index in [1.165, 1.54) is 6.92 Å². The molecule has 0 spiro atoms. The van der Waals surface area contributed by atoms with E-state index in [1.54, 1.807) is 20.8 Å². The number of carbonyl (C=O) groups is 3. The minimum Gasteiger partial charge on any atom is -0.463 e. The van der Waals surface area contributed by atoms with Gasteiger partial charge in [-0.2, -0.15) is 8.78 Å². The van der Waals surface area contributed by atoms with E-state index >= 15 is 0 Å². The van der Waals surface area contributed by atoms with Crippen LogP contribution in [0.15, 0.2) is 0 Å². The fourth-order valence-electron chi connectivity index (χ4n) is 1.54. The maximum atomic E-state index is 12.6. The van der Waals surface area contributed by atoms with Gasteiger partial charge < -0.3 is 14.2 Å². The molecule has 0 saturated heterocycles. The Morgan fingerprint density at radius 1 is 1.04 bits per heavy atom. The molecule has 25 heavy (non-hydrogen) atoms. The summed E-state index contributed by atoms with van der Waals surface area (Å²) in [6.45, 7) is 3.41. The van der Waals surface area contributed by atoms with Gasteiger partial charge in [0.2, 0.25) is 0 Å². The van der Waals surface area contributed by atoms with Crippen LogP contribution in [0, 0.1) is 5.41 Å². The average Bonchev–Trinajstić information content (AvgIpc) is 2.49. The Balaban J connectivity index is 4.54. The van der Waals surface area contributed by atoms with Crippen molar-refractivity contribution in [2.75, 3.05) is 13.2 Å². The second-order valence-electron chi connectivity index (χ2n) is 5.93. The number of halogens is 4. The maximum absolute atomic E-state index is 12.6. The minimum atomic E-state index is -4.49. The molecule has 0 rings (SSSR count). The topological polar surface area (TPSA) is 78.9 Å². The van der Waals surface area contributed by atoms with Crippen LogP contribution >= 0.6 is 0 Å². The molecule has 0 heterocycles. The number of alkyl halides is 4. The Bertz CT molecular complexity index is 481. The normalized spacial score (nSPS) is 14.2. The van der Waals surface area contributed by atoms with E-state index in [9.17, 15) is 31.9 Å². The number of hydrogen-bond acceptors (Lipinski definition) is 6. The molecular formula is C15H22F4O6. The monoisotopic (exact) mass is 374 g/mol. The molecule has 10 heteroatoms.